The summed E-state index contributed by atoms with van der Waals surface area (Å²) in [6.07, 6.45) is 4.50. The maximum Gasteiger partial charge on any atom is 0.0573 e. The van der Waals surface area contributed by atoms with Crippen LogP contribution in [0.3, 0.4) is 0 Å². The molecule has 2 aromatic rings. The maximum absolute atomic E-state index is 2.32. The van der Waals surface area contributed by atoms with E-state index in [0.717, 1.165) is 6.54 Å². The van der Waals surface area contributed by atoms with E-state index in [1.807, 2.05) is 0 Å². The smallest absolute Gasteiger partial charge is 0.0573 e. The third-order valence-corrected chi connectivity index (χ3v) is 3.69. The summed E-state index contributed by atoms with van der Waals surface area (Å²) in [5, 5.41) is 0. The molecule has 0 saturated heterocycles. The second-order valence-corrected chi connectivity index (χ2v) is 4.93. The molecule has 90 valence electrons. The minimum atomic E-state index is -0.00271. The second kappa shape index (κ2) is 4.34. The molecule has 0 radical (unpaired) electrons. The SMILES string of the molecule is CN1C=CC(c2ccccc2)(c2ccccc2)C1. The highest BCUT2D eigenvalue weighted by molar-refractivity contribution is 5.46. The van der Waals surface area contributed by atoms with E-state index in [0.29, 0.717) is 0 Å². The molecule has 18 heavy (non-hydrogen) atoms. The molecule has 0 bridgehead atoms. The van der Waals surface area contributed by atoms with Crippen molar-refractivity contribution in [3.63, 3.8) is 0 Å². The summed E-state index contributed by atoms with van der Waals surface area (Å²) in [6, 6.07) is 21.5. The van der Waals surface area contributed by atoms with Crippen molar-refractivity contribution in [1.29, 1.82) is 0 Å². The van der Waals surface area contributed by atoms with E-state index in [4.69, 9.17) is 0 Å². The Morgan fingerprint density at radius 1 is 0.833 bits per heavy atom. The molecule has 1 heteroatoms. The lowest BCUT2D eigenvalue weighted by Gasteiger charge is -2.30. The first-order valence-electron chi connectivity index (χ1n) is 6.32. The van der Waals surface area contributed by atoms with Crippen molar-refractivity contribution in [2.24, 2.45) is 0 Å². The van der Waals surface area contributed by atoms with Gasteiger partial charge < -0.3 is 4.90 Å². The molecule has 2 aromatic carbocycles. The van der Waals surface area contributed by atoms with E-state index in [-0.39, 0.29) is 5.41 Å². The second-order valence-electron chi connectivity index (χ2n) is 4.93. The van der Waals surface area contributed by atoms with Crippen LogP contribution in [0.25, 0.3) is 0 Å². The van der Waals surface area contributed by atoms with E-state index in [1.54, 1.807) is 0 Å². The fraction of sp³-hybridized carbons (Fsp3) is 0.176. The molecule has 1 heterocycles. The standard InChI is InChI=1S/C17H17N/c1-18-13-12-17(14-18,15-8-4-2-5-9-15)16-10-6-3-7-11-16/h2-13H,14H2,1H3. The Labute approximate surface area is 108 Å². The van der Waals surface area contributed by atoms with Crippen LogP contribution in [-0.2, 0) is 5.41 Å². The molecule has 0 aliphatic carbocycles. The van der Waals surface area contributed by atoms with Gasteiger partial charge in [0.15, 0.2) is 0 Å². The molecule has 0 aromatic heterocycles. The van der Waals surface area contributed by atoms with Crippen LogP contribution in [0.4, 0.5) is 0 Å². The van der Waals surface area contributed by atoms with Crippen molar-refractivity contribution in [1.82, 2.24) is 4.90 Å². The molecule has 3 rings (SSSR count). The van der Waals surface area contributed by atoms with Crippen molar-refractivity contribution in [3.05, 3.63) is 84.1 Å². The van der Waals surface area contributed by atoms with Crippen molar-refractivity contribution in [2.75, 3.05) is 13.6 Å². The average molecular weight is 235 g/mol. The number of rotatable bonds is 2. The normalized spacial score (nSPS) is 17.1. The van der Waals surface area contributed by atoms with Gasteiger partial charge in [-0.15, -0.1) is 0 Å². The largest absolute Gasteiger partial charge is 0.379 e. The van der Waals surface area contributed by atoms with E-state index in [9.17, 15) is 0 Å². The third kappa shape index (κ3) is 1.72. The summed E-state index contributed by atoms with van der Waals surface area (Å²) in [4.78, 5) is 2.25. The van der Waals surface area contributed by atoms with Gasteiger partial charge in [-0.25, -0.2) is 0 Å². The summed E-state index contributed by atoms with van der Waals surface area (Å²) >= 11 is 0. The Hall–Kier alpha value is -2.02. The Bertz CT molecular complexity index is 503. The van der Waals surface area contributed by atoms with Gasteiger partial charge in [0, 0.05) is 13.6 Å². The first kappa shape index (κ1) is 11.1. The molecule has 0 saturated carbocycles. The Kier molecular flexibility index (Phi) is 2.67. The van der Waals surface area contributed by atoms with E-state index >= 15 is 0 Å². The van der Waals surface area contributed by atoms with E-state index < -0.39 is 0 Å². The molecule has 0 amide bonds. The van der Waals surface area contributed by atoms with Crippen LogP contribution < -0.4 is 0 Å². The van der Waals surface area contributed by atoms with E-state index in [2.05, 4.69) is 84.9 Å². The maximum atomic E-state index is 2.32. The highest BCUT2D eigenvalue weighted by Gasteiger charge is 2.35. The number of benzene rings is 2. The van der Waals surface area contributed by atoms with Crippen LogP contribution in [0.15, 0.2) is 72.9 Å². The van der Waals surface area contributed by atoms with Crippen molar-refractivity contribution < 1.29 is 0 Å². The van der Waals surface area contributed by atoms with Gasteiger partial charge in [-0.2, -0.15) is 0 Å². The molecular weight excluding hydrogens is 218 g/mol. The van der Waals surface area contributed by atoms with Crippen LogP contribution >= 0.6 is 0 Å². The summed E-state index contributed by atoms with van der Waals surface area (Å²) in [5.74, 6) is 0. The Morgan fingerprint density at radius 3 is 1.72 bits per heavy atom. The van der Waals surface area contributed by atoms with Gasteiger partial charge >= 0.3 is 0 Å². The van der Waals surface area contributed by atoms with Crippen molar-refractivity contribution in [3.8, 4) is 0 Å². The first-order chi connectivity index (χ1) is 8.81. The molecule has 1 aliphatic rings. The summed E-state index contributed by atoms with van der Waals surface area (Å²) in [5.41, 5.74) is 2.71. The minimum Gasteiger partial charge on any atom is -0.379 e. The van der Waals surface area contributed by atoms with Gasteiger partial charge in [0.25, 0.3) is 0 Å². The lowest BCUT2D eigenvalue weighted by molar-refractivity contribution is 0.430. The summed E-state index contributed by atoms with van der Waals surface area (Å²) < 4.78 is 0. The lowest BCUT2D eigenvalue weighted by atomic mass is 9.75. The van der Waals surface area contributed by atoms with Gasteiger partial charge in [0.1, 0.15) is 0 Å². The number of likely N-dealkylation sites (N-methyl/N-ethyl adjacent to an activating group) is 1. The average Bonchev–Trinajstić information content (AvgIpc) is 2.84. The topological polar surface area (TPSA) is 3.24 Å². The monoisotopic (exact) mass is 235 g/mol. The molecule has 0 spiro atoms. The van der Waals surface area contributed by atoms with Crippen molar-refractivity contribution >= 4 is 0 Å². The molecule has 0 atom stereocenters. The van der Waals surface area contributed by atoms with Gasteiger partial charge in [0.05, 0.1) is 5.41 Å². The zero-order valence-corrected chi connectivity index (χ0v) is 10.6. The lowest BCUT2D eigenvalue weighted by Crippen LogP contribution is -2.31. The highest BCUT2D eigenvalue weighted by Crippen LogP contribution is 2.37. The number of nitrogens with zero attached hydrogens (tertiary/aromatic N) is 1. The van der Waals surface area contributed by atoms with Crippen LogP contribution in [0, 0.1) is 0 Å². The van der Waals surface area contributed by atoms with Gasteiger partial charge in [-0.3, -0.25) is 0 Å². The van der Waals surface area contributed by atoms with Crippen molar-refractivity contribution in [2.45, 2.75) is 5.41 Å². The zero-order valence-electron chi connectivity index (χ0n) is 10.6. The van der Waals surface area contributed by atoms with Crippen LogP contribution in [-0.4, -0.2) is 18.5 Å². The summed E-state index contributed by atoms with van der Waals surface area (Å²) in [6.45, 7) is 1.00. The quantitative estimate of drug-likeness (QED) is 0.771. The molecule has 0 N–H and O–H groups in total. The summed E-state index contributed by atoms with van der Waals surface area (Å²) in [7, 11) is 2.13. The fourth-order valence-electron chi connectivity index (χ4n) is 2.77. The third-order valence-electron chi connectivity index (χ3n) is 3.69. The highest BCUT2D eigenvalue weighted by atomic mass is 15.1. The predicted octanol–water partition coefficient (Wildman–Crippen LogP) is 3.43. The molecular formula is C17H17N. The van der Waals surface area contributed by atoms with Crippen LogP contribution in [0.5, 0.6) is 0 Å². The van der Waals surface area contributed by atoms with Crippen LogP contribution in [0.2, 0.25) is 0 Å². The molecule has 1 aliphatic heterocycles. The zero-order chi connectivity index (χ0) is 12.4. The van der Waals surface area contributed by atoms with Crippen LogP contribution in [0.1, 0.15) is 11.1 Å². The minimum absolute atomic E-state index is 0.00271. The molecule has 0 unspecified atom stereocenters. The first-order valence-corrected chi connectivity index (χ1v) is 6.32. The Morgan fingerprint density at radius 2 is 1.33 bits per heavy atom. The Balaban J connectivity index is 2.15. The molecule has 0 fully saturated rings. The number of hydrogen-bond donors (Lipinski definition) is 0. The predicted molar refractivity (Wildman–Crippen MR) is 75.4 cm³/mol. The fourth-order valence-corrected chi connectivity index (χ4v) is 2.77. The van der Waals surface area contributed by atoms with Gasteiger partial charge in [-0.1, -0.05) is 66.7 Å². The van der Waals surface area contributed by atoms with E-state index in [1.165, 1.54) is 11.1 Å². The van der Waals surface area contributed by atoms with Gasteiger partial charge in [-0.05, 0) is 17.3 Å². The van der Waals surface area contributed by atoms with Gasteiger partial charge in [0.2, 0.25) is 0 Å². The molecule has 1 nitrogen and oxygen atoms in total. The number of hydrogen-bond acceptors (Lipinski definition) is 1.